The minimum Gasteiger partial charge on any atom is -0.396 e. The van der Waals surface area contributed by atoms with Crippen molar-refractivity contribution in [1.82, 2.24) is 10.3 Å². The van der Waals surface area contributed by atoms with E-state index in [0.717, 1.165) is 10.7 Å². The number of aliphatic hydroxyl groups is 1. The first kappa shape index (κ1) is 11.1. The van der Waals surface area contributed by atoms with Gasteiger partial charge in [0, 0.05) is 18.4 Å². The third-order valence-electron chi connectivity index (χ3n) is 1.70. The maximum absolute atomic E-state index is 11.1. The van der Waals surface area contributed by atoms with Gasteiger partial charge in [0.1, 0.15) is 0 Å². The largest absolute Gasteiger partial charge is 0.396 e. The summed E-state index contributed by atoms with van der Waals surface area (Å²) >= 11 is 1.57. The average Bonchev–Trinajstić information content (AvgIpc) is 2.58. The molecule has 1 amide bonds. The van der Waals surface area contributed by atoms with Crippen LogP contribution in [0.25, 0.3) is 0 Å². The summed E-state index contributed by atoms with van der Waals surface area (Å²) in [7, 11) is 0. The highest BCUT2D eigenvalue weighted by Crippen LogP contribution is 2.07. The van der Waals surface area contributed by atoms with Crippen LogP contribution in [0.5, 0.6) is 0 Å². The minimum atomic E-state index is -0.0373. The van der Waals surface area contributed by atoms with Crippen molar-refractivity contribution in [2.24, 2.45) is 0 Å². The Morgan fingerprint density at radius 1 is 1.71 bits per heavy atom. The van der Waals surface area contributed by atoms with Crippen molar-refractivity contribution in [3.63, 3.8) is 0 Å². The van der Waals surface area contributed by atoms with Crippen LogP contribution in [0.15, 0.2) is 5.38 Å². The topological polar surface area (TPSA) is 62.2 Å². The van der Waals surface area contributed by atoms with E-state index in [4.69, 9.17) is 5.11 Å². The Morgan fingerprint density at radius 3 is 3.07 bits per heavy atom. The number of nitrogens with one attached hydrogen (secondary N) is 1. The summed E-state index contributed by atoms with van der Waals surface area (Å²) in [5, 5.41) is 14.2. The number of hydrogen-bond donors (Lipinski definition) is 2. The van der Waals surface area contributed by atoms with Crippen LogP contribution >= 0.6 is 11.3 Å². The molecule has 1 aromatic heterocycles. The Balaban J connectivity index is 2.23. The summed E-state index contributed by atoms with van der Waals surface area (Å²) in [6, 6.07) is 0. The molecule has 0 atom stereocenters. The van der Waals surface area contributed by atoms with Crippen LogP contribution in [0.3, 0.4) is 0 Å². The van der Waals surface area contributed by atoms with Crippen molar-refractivity contribution >= 4 is 17.2 Å². The predicted octanol–water partition coefficient (Wildman–Crippen LogP) is 0.840. The van der Waals surface area contributed by atoms with Gasteiger partial charge in [-0.25, -0.2) is 4.98 Å². The fourth-order valence-corrected chi connectivity index (χ4v) is 1.62. The van der Waals surface area contributed by atoms with Crippen molar-refractivity contribution in [1.29, 1.82) is 0 Å². The second kappa shape index (κ2) is 5.72. The lowest BCUT2D eigenvalue weighted by molar-refractivity contribution is -0.121. The number of thiazole rings is 1. The van der Waals surface area contributed by atoms with E-state index in [1.54, 1.807) is 11.3 Å². The molecule has 0 fully saturated rings. The molecule has 4 nitrogen and oxygen atoms in total. The van der Waals surface area contributed by atoms with Crippen LogP contribution in [0, 0.1) is 6.92 Å². The number of aromatic nitrogens is 1. The molecule has 0 saturated heterocycles. The lowest BCUT2D eigenvalue weighted by atomic mass is 10.3. The third kappa shape index (κ3) is 3.85. The second-order valence-electron chi connectivity index (χ2n) is 2.96. The van der Waals surface area contributed by atoms with Crippen molar-refractivity contribution in [2.45, 2.75) is 26.3 Å². The molecule has 0 aliphatic heterocycles. The standard InChI is InChI=1S/C9H14N2O2S/c1-7-11-8(6-14-7)5-10-9(13)3-2-4-12/h6,12H,2-5H2,1H3,(H,10,13). The number of carbonyl (C=O) groups is 1. The number of hydrogen-bond acceptors (Lipinski definition) is 4. The number of rotatable bonds is 5. The third-order valence-corrected chi connectivity index (χ3v) is 2.52. The lowest BCUT2D eigenvalue weighted by Crippen LogP contribution is -2.22. The lowest BCUT2D eigenvalue weighted by Gasteiger charge is -2.01. The molecule has 0 spiro atoms. The molecule has 0 bridgehead atoms. The van der Waals surface area contributed by atoms with Crippen molar-refractivity contribution in [3.8, 4) is 0 Å². The van der Waals surface area contributed by atoms with E-state index in [2.05, 4.69) is 10.3 Å². The molecule has 0 saturated carbocycles. The molecule has 0 radical (unpaired) electrons. The maximum Gasteiger partial charge on any atom is 0.220 e. The van der Waals surface area contributed by atoms with Gasteiger partial charge in [-0.2, -0.15) is 0 Å². The van der Waals surface area contributed by atoms with E-state index in [-0.39, 0.29) is 12.5 Å². The Hall–Kier alpha value is -0.940. The highest BCUT2D eigenvalue weighted by atomic mass is 32.1. The number of amides is 1. The van der Waals surface area contributed by atoms with E-state index in [1.165, 1.54) is 0 Å². The van der Waals surface area contributed by atoms with Crippen LogP contribution < -0.4 is 5.32 Å². The molecule has 0 unspecified atom stereocenters. The van der Waals surface area contributed by atoms with E-state index in [1.807, 2.05) is 12.3 Å². The van der Waals surface area contributed by atoms with Crippen molar-refractivity contribution in [2.75, 3.05) is 6.61 Å². The van der Waals surface area contributed by atoms with Crippen LogP contribution in [0.4, 0.5) is 0 Å². The monoisotopic (exact) mass is 214 g/mol. The van der Waals surface area contributed by atoms with E-state index < -0.39 is 0 Å². The fraction of sp³-hybridized carbons (Fsp3) is 0.556. The average molecular weight is 214 g/mol. The zero-order chi connectivity index (χ0) is 10.4. The molecule has 1 aromatic rings. The molecule has 2 N–H and O–H groups in total. The molecule has 0 aromatic carbocycles. The molecular weight excluding hydrogens is 200 g/mol. The smallest absolute Gasteiger partial charge is 0.220 e. The SMILES string of the molecule is Cc1nc(CNC(=O)CCCO)cs1. The molecule has 78 valence electrons. The zero-order valence-electron chi connectivity index (χ0n) is 8.12. The number of aliphatic hydroxyl groups excluding tert-OH is 1. The van der Waals surface area contributed by atoms with Crippen LogP contribution in [0.1, 0.15) is 23.5 Å². The van der Waals surface area contributed by atoms with Gasteiger partial charge in [0.2, 0.25) is 5.91 Å². The molecule has 1 rings (SSSR count). The second-order valence-corrected chi connectivity index (χ2v) is 4.02. The van der Waals surface area contributed by atoms with Gasteiger partial charge >= 0.3 is 0 Å². The molecule has 0 aliphatic rings. The van der Waals surface area contributed by atoms with Gasteiger partial charge < -0.3 is 10.4 Å². The Morgan fingerprint density at radius 2 is 2.50 bits per heavy atom. The maximum atomic E-state index is 11.1. The number of nitrogens with zero attached hydrogens (tertiary/aromatic N) is 1. The van der Waals surface area contributed by atoms with Gasteiger partial charge in [0.05, 0.1) is 17.2 Å². The molecule has 14 heavy (non-hydrogen) atoms. The van der Waals surface area contributed by atoms with Crippen LogP contribution in [-0.2, 0) is 11.3 Å². The first-order valence-corrected chi connectivity index (χ1v) is 5.39. The molecule has 1 heterocycles. The summed E-state index contributed by atoms with van der Waals surface area (Å²) < 4.78 is 0. The first-order chi connectivity index (χ1) is 6.72. The van der Waals surface area contributed by atoms with E-state index >= 15 is 0 Å². The van der Waals surface area contributed by atoms with E-state index in [0.29, 0.717) is 19.4 Å². The van der Waals surface area contributed by atoms with Gasteiger partial charge in [0.25, 0.3) is 0 Å². The Kier molecular flexibility index (Phi) is 4.55. The van der Waals surface area contributed by atoms with Gasteiger partial charge in [-0.15, -0.1) is 11.3 Å². The number of aryl methyl sites for hydroxylation is 1. The van der Waals surface area contributed by atoms with Gasteiger partial charge in [-0.1, -0.05) is 0 Å². The minimum absolute atomic E-state index is 0.0373. The Labute approximate surface area is 87.0 Å². The quantitative estimate of drug-likeness (QED) is 0.763. The number of carbonyl (C=O) groups excluding carboxylic acids is 1. The van der Waals surface area contributed by atoms with Crippen LogP contribution in [-0.4, -0.2) is 22.6 Å². The van der Waals surface area contributed by atoms with Gasteiger partial charge in [-0.05, 0) is 13.3 Å². The summed E-state index contributed by atoms with van der Waals surface area (Å²) in [4.78, 5) is 15.4. The highest BCUT2D eigenvalue weighted by molar-refractivity contribution is 7.09. The predicted molar refractivity (Wildman–Crippen MR) is 55.0 cm³/mol. The summed E-state index contributed by atoms with van der Waals surface area (Å²) in [6.45, 7) is 2.47. The van der Waals surface area contributed by atoms with Crippen molar-refractivity contribution in [3.05, 3.63) is 16.1 Å². The molecule has 5 heteroatoms. The van der Waals surface area contributed by atoms with E-state index in [9.17, 15) is 4.79 Å². The highest BCUT2D eigenvalue weighted by Gasteiger charge is 2.02. The van der Waals surface area contributed by atoms with Crippen molar-refractivity contribution < 1.29 is 9.90 Å². The Bertz CT molecular complexity index is 299. The van der Waals surface area contributed by atoms with Crippen LogP contribution in [0.2, 0.25) is 0 Å². The summed E-state index contributed by atoms with van der Waals surface area (Å²) in [5.74, 6) is -0.0373. The summed E-state index contributed by atoms with van der Waals surface area (Å²) in [6.07, 6.45) is 0.890. The molecular formula is C9H14N2O2S. The molecule has 0 aliphatic carbocycles. The first-order valence-electron chi connectivity index (χ1n) is 4.51. The zero-order valence-corrected chi connectivity index (χ0v) is 8.93. The summed E-state index contributed by atoms with van der Waals surface area (Å²) in [5.41, 5.74) is 0.893. The normalized spacial score (nSPS) is 10.1. The van der Waals surface area contributed by atoms with Gasteiger partial charge in [0.15, 0.2) is 0 Å². The fourth-order valence-electron chi connectivity index (χ4n) is 1.01. The van der Waals surface area contributed by atoms with Gasteiger partial charge in [-0.3, -0.25) is 4.79 Å².